The van der Waals surface area contributed by atoms with Crippen LogP contribution in [-0.4, -0.2) is 19.3 Å². The van der Waals surface area contributed by atoms with Crippen LogP contribution in [0.3, 0.4) is 0 Å². The van der Waals surface area contributed by atoms with E-state index in [0.717, 1.165) is 36.1 Å². The second-order valence-corrected chi connectivity index (χ2v) is 6.07. The SMILES string of the molecule is Brc1cccc(CNC2COCC2C2CC2)c1. The van der Waals surface area contributed by atoms with Gasteiger partial charge in [0.2, 0.25) is 0 Å². The first-order chi connectivity index (χ1) is 8.33. The molecule has 1 saturated carbocycles. The van der Waals surface area contributed by atoms with Crippen molar-refractivity contribution in [3.8, 4) is 0 Å². The summed E-state index contributed by atoms with van der Waals surface area (Å²) < 4.78 is 6.76. The molecule has 1 aliphatic heterocycles. The number of halogens is 1. The number of rotatable bonds is 4. The van der Waals surface area contributed by atoms with E-state index in [1.165, 1.54) is 18.4 Å². The van der Waals surface area contributed by atoms with E-state index in [9.17, 15) is 0 Å². The van der Waals surface area contributed by atoms with Gasteiger partial charge in [0.05, 0.1) is 13.2 Å². The highest BCUT2D eigenvalue weighted by molar-refractivity contribution is 9.10. The van der Waals surface area contributed by atoms with Gasteiger partial charge < -0.3 is 10.1 Å². The standard InChI is InChI=1S/C14H18BrNO/c15-12-3-1-2-10(6-12)7-16-14-9-17-8-13(14)11-4-5-11/h1-3,6,11,13-14,16H,4-5,7-9H2. The average molecular weight is 296 g/mol. The summed E-state index contributed by atoms with van der Waals surface area (Å²) in [4.78, 5) is 0. The Morgan fingerprint density at radius 1 is 1.29 bits per heavy atom. The molecule has 1 heterocycles. The zero-order valence-electron chi connectivity index (χ0n) is 9.86. The van der Waals surface area contributed by atoms with E-state index in [4.69, 9.17) is 4.74 Å². The van der Waals surface area contributed by atoms with E-state index >= 15 is 0 Å². The van der Waals surface area contributed by atoms with E-state index in [1.54, 1.807) is 0 Å². The summed E-state index contributed by atoms with van der Waals surface area (Å²) >= 11 is 3.51. The summed E-state index contributed by atoms with van der Waals surface area (Å²) in [6, 6.07) is 9.05. The molecule has 2 atom stereocenters. The molecule has 0 amide bonds. The highest BCUT2D eigenvalue weighted by Gasteiger charge is 2.39. The highest BCUT2D eigenvalue weighted by Crippen LogP contribution is 2.40. The Balaban J connectivity index is 1.56. The molecule has 1 saturated heterocycles. The third kappa shape index (κ3) is 2.90. The van der Waals surface area contributed by atoms with Crippen LogP contribution in [0.15, 0.2) is 28.7 Å². The maximum absolute atomic E-state index is 5.61. The van der Waals surface area contributed by atoms with Gasteiger partial charge in [-0.3, -0.25) is 0 Å². The zero-order chi connectivity index (χ0) is 11.7. The molecule has 3 heteroatoms. The molecule has 3 rings (SSSR count). The summed E-state index contributed by atoms with van der Waals surface area (Å²) in [5.41, 5.74) is 1.33. The second kappa shape index (κ2) is 5.09. The van der Waals surface area contributed by atoms with Gasteiger partial charge in [-0.05, 0) is 36.5 Å². The van der Waals surface area contributed by atoms with E-state index in [2.05, 4.69) is 45.5 Å². The van der Waals surface area contributed by atoms with Gasteiger partial charge in [0, 0.05) is 23.0 Å². The third-order valence-electron chi connectivity index (χ3n) is 3.81. The van der Waals surface area contributed by atoms with Crippen molar-refractivity contribution in [2.45, 2.75) is 25.4 Å². The summed E-state index contributed by atoms with van der Waals surface area (Å²) in [5, 5.41) is 3.65. The van der Waals surface area contributed by atoms with E-state index in [0.29, 0.717) is 6.04 Å². The normalized spacial score (nSPS) is 28.5. The number of nitrogens with one attached hydrogen (secondary N) is 1. The van der Waals surface area contributed by atoms with Gasteiger partial charge in [-0.1, -0.05) is 28.1 Å². The van der Waals surface area contributed by atoms with Crippen LogP contribution in [0, 0.1) is 11.8 Å². The fourth-order valence-electron chi connectivity index (χ4n) is 2.67. The predicted molar refractivity (Wildman–Crippen MR) is 71.8 cm³/mol. The minimum absolute atomic E-state index is 0.557. The second-order valence-electron chi connectivity index (χ2n) is 5.16. The molecule has 0 spiro atoms. The van der Waals surface area contributed by atoms with Gasteiger partial charge in [-0.15, -0.1) is 0 Å². The van der Waals surface area contributed by atoms with Crippen LogP contribution in [0.2, 0.25) is 0 Å². The molecule has 0 bridgehead atoms. The van der Waals surface area contributed by atoms with Crippen LogP contribution >= 0.6 is 15.9 Å². The lowest BCUT2D eigenvalue weighted by Gasteiger charge is -2.18. The molecule has 0 aromatic heterocycles. The summed E-state index contributed by atoms with van der Waals surface area (Å²) in [5.74, 6) is 1.68. The Kier molecular flexibility index (Phi) is 3.50. The number of benzene rings is 1. The smallest absolute Gasteiger partial charge is 0.0623 e. The van der Waals surface area contributed by atoms with Crippen molar-refractivity contribution in [3.63, 3.8) is 0 Å². The monoisotopic (exact) mass is 295 g/mol. The van der Waals surface area contributed by atoms with Crippen molar-refractivity contribution in [1.82, 2.24) is 5.32 Å². The lowest BCUT2D eigenvalue weighted by molar-refractivity contribution is 0.180. The van der Waals surface area contributed by atoms with E-state index in [1.807, 2.05) is 0 Å². The lowest BCUT2D eigenvalue weighted by Crippen LogP contribution is -2.36. The first-order valence-electron chi connectivity index (χ1n) is 6.38. The minimum atomic E-state index is 0.557. The van der Waals surface area contributed by atoms with Crippen LogP contribution < -0.4 is 5.32 Å². The van der Waals surface area contributed by atoms with Gasteiger partial charge in [-0.2, -0.15) is 0 Å². The molecule has 17 heavy (non-hydrogen) atoms. The van der Waals surface area contributed by atoms with Crippen LogP contribution in [0.5, 0.6) is 0 Å². The largest absolute Gasteiger partial charge is 0.379 e. The zero-order valence-corrected chi connectivity index (χ0v) is 11.4. The molecule has 1 aromatic rings. The molecule has 2 fully saturated rings. The Hall–Kier alpha value is -0.380. The molecular weight excluding hydrogens is 278 g/mol. The molecule has 1 aromatic carbocycles. The quantitative estimate of drug-likeness (QED) is 0.922. The third-order valence-corrected chi connectivity index (χ3v) is 4.30. The maximum atomic E-state index is 5.61. The Bertz CT molecular complexity index is 392. The van der Waals surface area contributed by atoms with Crippen LogP contribution in [-0.2, 0) is 11.3 Å². The maximum Gasteiger partial charge on any atom is 0.0623 e. The van der Waals surface area contributed by atoms with Crippen molar-refractivity contribution in [3.05, 3.63) is 34.3 Å². The average Bonchev–Trinajstić information content (AvgIpc) is 3.06. The summed E-state index contributed by atoms with van der Waals surface area (Å²) in [6.45, 7) is 2.78. The van der Waals surface area contributed by atoms with Gasteiger partial charge in [0.25, 0.3) is 0 Å². The van der Waals surface area contributed by atoms with Gasteiger partial charge in [0.15, 0.2) is 0 Å². The first-order valence-corrected chi connectivity index (χ1v) is 7.18. The fraction of sp³-hybridized carbons (Fsp3) is 0.571. The molecule has 0 radical (unpaired) electrons. The van der Waals surface area contributed by atoms with Gasteiger partial charge in [0.1, 0.15) is 0 Å². The van der Waals surface area contributed by atoms with Crippen molar-refractivity contribution in [1.29, 1.82) is 0 Å². The van der Waals surface area contributed by atoms with Crippen molar-refractivity contribution in [2.24, 2.45) is 11.8 Å². The first kappa shape index (κ1) is 11.7. The molecule has 2 unspecified atom stereocenters. The van der Waals surface area contributed by atoms with Gasteiger partial charge in [-0.25, -0.2) is 0 Å². The van der Waals surface area contributed by atoms with Gasteiger partial charge >= 0.3 is 0 Å². The molecule has 92 valence electrons. The van der Waals surface area contributed by atoms with E-state index in [-0.39, 0.29) is 0 Å². The minimum Gasteiger partial charge on any atom is -0.379 e. The fourth-order valence-corrected chi connectivity index (χ4v) is 3.11. The molecule has 2 aliphatic rings. The van der Waals surface area contributed by atoms with Crippen molar-refractivity contribution < 1.29 is 4.74 Å². The van der Waals surface area contributed by atoms with E-state index < -0.39 is 0 Å². The molecule has 2 nitrogen and oxygen atoms in total. The Morgan fingerprint density at radius 3 is 2.94 bits per heavy atom. The lowest BCUT2D eigenvalue weighted by atomic mass is 9.98. The van der Waals surface area contributed by atoms with Crippen molar-refractivity contribution >= 4 is 15.9 Å². The molecule has 1 N–H and O–H groups in total. The molecule has 1 aliphatic carbocycles. The molecular formula is C14H18BrNO. The number of hydrogen-bond donors (Lipinski definition) is 1. The highest BCUT2D eigenvalue weighted by atomic mass is 79.9. The Labute approximate surface area is 111 Å². The topological polar surface area (TPSA) is 21.3 Å². The number of hydrogen-bond acceptors (Lipinski definition) is 2. The predicted octanol–water partition coefficient (Wildman–Crippen LogP) is 2.96. The van der Waals surface area contributed by atoms with Crippen LogP contribution in [0.1, 0.15) is 18.4 Å². The van der Waals surface area contributed by atoms with Crippen LogP contribution in [0.4, 0.5) is 0 Å². The summed E-state index contributed by atoms with van der Waals surface area (Å²) in [6.07, 6.45) is 2.81. The Morgan fingerprint density at radius 2 is 2.18 bits per heavy atom. The number of ether oxygens (including phenoxy) is 1. The summed E-state index contributed by atoms with van der Waals surface area (Å²) in [7, 11) is 0. The van der Waals surface area contributed by atoms with Crippen molar-refractivity contribution in [2.75, 3.05) is 13.2 Å². The van der Waals surface area contributed by atoms with Crippen LogP contribution in [0.25, 0.3) is 0 Å².